The van der Waals surface area contributed by atoms with Gasteiger partial charge in [0.2, 0.25) is 0 Å². The molecule has 156 valence electrons. The molecule has 0 N–H and O–H groups in total. The van der Waals surface area contributed by atoms with E-state index in [1.54, 1.807) is 0 Å². The minimum absolute atomic E-state index is 0.113. The first kappa shape index (κ1) is 20.0. The maximum atomic E-state index is 13.6. The third-order valence-electron chi connectivity index (χ3n) is 6.15. The number of morpholine rings is 2. The molecular formula is C23H31N3O3. The molecule has 0 atom stereocenters. The predicted molar refractivity (Wildman–Crippen MR) is 114 cm³/mol. The van der Waals surface area contributed by atoms with Gasteiger partial charge in [-0.1, -0.05) is 24.3 Å². The number of aromatic nitrogens is 1. The topological polar surface area (TPSA) is 46.9 Å². The highest BCUT2D eigenvalue weighted by atomic mass is 16.5. The van der Waals surface area contributed by atoms with Crippen LogP contribution in [0.3, 0.4) is 0 Å². The van der Waals surface area contributed by atoms with Crippen LogP contribution >= 0.6 is 0 Å². The zero-order valence-corrected chi connectivity index (χ0v) is 17.7. The molecule has 1 aromatic heterocycles. The second-order valence-electron chi connectivity index (χ2n) is 7.92. The molecule has 4 rings (SSSR count). The molecule has 6 nitrogen and oxygen atoms in total. The zero-order valence-electron chi connectivity index (χ0n) is 17.7. The second-order valence-corrected chi connectivity index (χ2v) is 7.92. The van der Waals surface area contributed by atoms with Crippen LogP contribution in [0.5, 0.6) is 0 Å². The normalized spacial score (nSPS) is 17.6. The summed E-state index contributed by atoms with van der Waals surface area (Å²) >= 11 is 0. The number of rotatable bonds is 4. The van der Waals surface area contributed by atoms with Gasteiger partial charge in [-0.3, -0.25) is 4.79 Å². The smallest absolute Gasteiger partial charge is 0.271 e. The summed E-state index contributed by atoms with van der Waals surface area (Å²) in [5.41, 5.74) is 6.73. The lowest BCUT2D eigenvalue weighted by atomic mass is 10.1. The van der Waals surface area contributed by atoms with Gasteiger partial charge in [-0.25, -0.2) is 0 Å². The molecular weight excluding hydrogens is 366 g/mol. The van der Waals surface area contributed by atoms with E-state index in [1.165, 1.54) is 16.8 Å². The first-order valence-corrected chi connectivity index (χ1v) is 10.5. The lowest BCUT2D eigenvalue weighted by Crippen LogP contribution is -2.41. The Labute approximate surface area is 173 Å². The Morgan fingerprint density at radius 3 is 2.21 bits per heavy atom. The predicted octanol–water partition coefficient (Wildman–Crippen LogP) is 2.77. The Morgan fingerprint density at radius 2 is 1.55 bits per heavy atom. The van der Waals surface area contributed by atoms with Gasteiger partial charge in [-0.15, -0.1) is 0 Å². The quantitative estimate of drug-likeness (QED) is 0.796. The molecule has 2 aliphatic rings. The highest BCUT2D eigenvalue weighted by Crippen LogP contribution is 2.33. The molecule has 1 aromatic carbocycles. The Bertz CT molecular complexity index is 878. The molecule has 2 aromatic rings. The van der Waals surface area contributed by atoms with Crippen LogP contribution in [0.2, 0.25) is 0 Å². The van der Waals surface area contributed by atoms with Crippen molar-refractivity contribution in [1.82, 2.24) is 9.47 Å². The lowest BCUT2D eigenvalue weighted by Gasteiger charge is -2.30. The molecule has 1 amide bonds. The van der Waals surface area contributed by atoms with Crippen molar-refractivity contribution in [3.63, 3.8) is 0 Å². The van der Waals surface area contributed by atoms with E-state index >= 15 is 0 Å². The van der Waals surface area contributed by atoms with Crippen LogP contribution in [0.15, 0.2) is 24.3 Å². The highest BCUT2D eigenvalue weighted by molar-refractivity contribution is 5.96. The third-order valence-corrected chi connectivity index (χ3v) is 6.15. The Kier molecular flexibility index (Phi) is 5.92. The monoisotopic (exact) mass is 397 g/mol. The van der Waals surface area contributed by atoms with E-state index in [0.29, 0.717) is 32.8 Å². The Morgan fingerprint density at radius 1 is 0.931 bits per heavy atom. The molecule has 6 heteroatoms. The fraction of sp³-hybridized carbons (Fsp3) is 0.522. The van der Waals surface area contributed by atoms with Crippen LogP contribution in [0.1, 0.15) is 32.9 Å². The molecule has 0 radical (unpaired) electrons. The van der Waals surface area contributed by atoms with Crippen LogP contribution in [0, 0.1) is 20.8 Å². The Balaban J connectivity index is 1.78. The summed E-state index contributed by atoms with van der Waals surface area (Å²) in [5, 5.41) is 0. The van der Waals surface area contributed by atoms with Crippen LogP contribution in [0.4, 0.5) is 5.69 Å². The van der Waals surface area contributed by atoms with Crippen molar-refractivity contribution in [2.45, 2.75) is 27.3 Å². The molecule has 2 aliphatic heterocycles. The summed E-state index contributed by atoms with van der Waals surface area (Å²) in [4.78, 5) is 17.9. The van der Waals surface area contributed by atoms with E-state index < -0.39 is 0 Å². The van der Waals surface area contributed by atoms with Crippen molar-refractivity contribution in [3.8, 4) is 0 Å². The molecule has 2 saturated heterocycles. The number of aryl methyl sites for hydroxylation is 1. The van der Waals surface area contributed by atoms with E-state index in [9.17, 15) is 4.79 Å². The molecule has 0 saturated carbocycles. The number of carbonyl (C=O) groups excluding carboxylic acids is 1. The largest absolute Gasteiger partial charge is 0.378 e. The maximum absolute atomic E-state index is 13.6. The number of hydrogen-bond donors (Lipinski definition) is 0. The number of anilines is 1. The van der Waals surface area contributed by atoms with Crippen LogP contribution in [-0.2, 0) is 16.0 Å². The zero-order chi connectivity index (χ0) is 20.4. The number of ether oxygens (including phenoxy) is 2. The SMILES string of the molecule is Cc1ccccc1Cn1c(C)c(N2CCOCC2)c(C)c1C(=O)N1CCOCC1. The first-order valence-electron chi connectivity index (χ1n) is 10.5. The number of benzene rings is 1. The maximum Gasteiger partial charge on any atom is 0.271 e. The van der Waals surface area contributed by atoms with E-state index in [4.69, 9.17) is 9.47 Å². The number of carbonyl (C=O) groups is 1. The minimum atomic E-state index is 0.113. The second kappa shape index (κ2) is 8.59. The van der Waals surface area contributed by atoms with E-state index in [-0.39, 0.29) is 5.91 Å². The minimum Gasteiger partial charge on any atom is -0.378 e. The Hall–Kier alpha value is -2.31. The van der Waals surface area contributed by atoms with Crippen LogP contribution in [0.25, 0.3) is 0 Å². The van der Waals surface area contributed by atoms with Crippen molar-refractivity contribution in [3.05, 3.63) is 52.3 Å². The van der Waals surface area contributed by atoms with Crippen molar-refractivity contribution >= 4 is 11.6 Å². The molecule has 0 unspecified atom stereocenters. The van der Waals surface area contributed by atoms with Crippen molar-refractivity contribution in [2.24, 2.45) is 0 Å². The summed E-state index contributed by atoms with van der Waals surface area (Å²) in [6, 6.07) is 8.42. The third kappa shape index (κ3) is 3.91. The average Bonchev–Trinajstić information content (AvgIpc) is 3.00. The number of amides is 1. The highest BCUT2D eigenvalue weighted by Gasteiger charge is 2.30. The molecule has 0 spiro atoms. The lowest BCUT2D eigenvalue weighted by molar-refractivity contribution is 0.0295. The summed E-state index contributed by atoms with van der Waals surface area (Å²) in [6.45, 7) is 12.8. The van der Waals surface area contributed by atoms with Gasteiger partial charge in [0.05, 0.1) is 32.1 Å². The average molecular weight is 398 g/mol. The fourth-order valence-electron chi connectivity index (χ4n) is 4.48. The van der Waals surface area contributed by atoms with Gasteiger partial charge in [0.1, 0.15) is 5.69 Å². The standard InChI is InChI=1S/C23H31N3O3/c1-17-6-4-5-7-20(17)16-26-19(3)21(24-8-12-28-13-9-24)18(2)22(26)23(27)25-10-14-29-15-11-25/h4-7H,8-16H2,1-3H3. The summed E-state index contributed by atoms with van der Waals surface area (Å²) in [7, 11) is 0. The fourth-order valence-corrected chi connectivity index (χ4v) is 4.48. The molecule has 0 bridgehead atoms. The van der Waals surface area contributed by atoms with Gasteiger partial charge in [0.15, 0.2) is 0 Å². The van der Waals surface area contributed by atoms with Gasteiger partial charge in [0, 0.05) is 44.0 Å². The molecule has 2 fully saturated rings. The van der Waals surface area contributed by atoms with E-state index in [1.807, 2.05) is 4.90 Å². The van der Waals surface area contributed by atoms with Gasteiger partial charge in [0.25, 0.3) is 5.91 Å². The number of nitrogens with zero attached hydrogens (tertiary/aromatic N) is 3. The van der Waals surface area contributed by atoms with Crippen LogP contribution in [-0.4, -0.2) is 68.0 Å². The van der Waals surface area contributed by atoms with E-state index in [2.05, 4.69) is 54.5 Å². The van der Waals surface area contributed by atoms with Gasteiger partial charge < -0.3 is 23.8 Å². The van der Waals surface area contributed by atoms with Crippen molar-refractivity contribution in [2.75, 3.05) is 57.5 Å². The van der Waals surface area contributed by atoms with Gasteiger partial charge >= 0.3 is 0 Å². The molecule has 0 aliphatic carbocycles. The van der Waals surface area contributed by atoms with Crippen LogP contribution < -0.4 is 4.90 Å². The summed E-state index contributed by atoms with van der Waals surface area (Å²) in [5.74, 6) is 0.113. The summed E-state index contributed by atoms with van der Waals surface area (Å²) < 4.78 is 13.2. The van der Waals surface area contributed by atoms with E-state index in [0.717, 1.165) is 43.3 Å². The number of hydrogen-bond acceptors (Lipinski definition) is 4. The van der Waals surface area contributed by atoms with Gasteiger partial charge in [-0.2, -0.15) is 0 Å². The first-order chi connectivity index (χ1) is 14.1. The summed E-state index contributed by atoms with van der Waals surface area (Å²) in [6.07, 6.45) is 0. The molecule has 29 heavy (non-hydrogen) atoms. The molecule has 3 heterocycles. The van der Waals surface area contributed by atoms with Gasteiger partial charge in [-0.05, 0) is 31.9 Å². The van der Waals surface area contributed by atoms with Crippen molar-refractivity contribution in [1.29, 1.82) is 0 Å². The van der Waals surface area contributed by atoms with Crippen molar-refractivity contribution < 1.29 is 14.3 Å².